The molecular weight excluding hydrogens is 492 g/mol. The Morgan fingerprint density at radius 2 is 1.30 bits per heavy atom. The third kappa shape index (κ3) is 6.37. The Labute approximate surface area is 209 Å². The molecule has 196 valence electrons. The van der Waals surface area contributed by atoms with Gasteiger partial charge < -0.3 is 45.2 Å². The highest BCUT2D eigenvalue weighted by Gasteiger charge is 2.57. The Balaban J connectivity index is 1.80. The molecule has 1 aliphatic rings. The molecule has 0 heterocycles. The SMILES string of the molecule is O=C(/C=C/c1ccc(O)c(O)c1)O[C@H]1[C@H](O)CC[C@](O)(C(=O)O)[C@H]1OC(=O)/C=C/c1ccc(O)c(O)c1. The maximum Gasteiger partial charge on any atom is 0.339 e. The van der Waals surface area contributed by atoms with E-state index in [0.29, 0.717) is 5.56 Å². The largest absolute Gasteiger partial charge is 0.504 e. The van der Waals surface area contributed by atoms with Crippen molar-refractivity contribution in [2.75, 3.05) is 0 Å². The second kappa shape index (κ2) is 11.0. The van der Waals surface area contributed by atoms with Crippen molar-refractivity contribution < 1.29 is 59.6 Å². The van der Waals surface area contributed by atoms with E-state index in [4.69, 9.17) is 9.47 Å². The zero-order valence-corrected chi connectivity index (χ0v) is 19.1. The molecule has 0 amide bonds. The molecule has 2 aromatic rings. The Morgan fingerprint density at radius 3 is 1.76 bits per heavy atom. The van der Waals surface area contributed by atoms with Crippen molar-refractivity contribution in [3.8, 4) is 23.0 Å². The van der Waals surface area contributed by atoms with Gasteiger partial charge in [-0.1, -0.05) is 12.1 Å². The smallest absolute Gasteiger partial charge is 0.339 e. The molecule has 3 rings (SSSR count). The molecule has 12 heteroatoms. The summed E-state index contributed by atoms with van der Waals surface area (Å²) < 4.78 is 10.3. The Morgan fingerprint density at radius 1 is 0.811 bits per heavy atom. The van der Waals surface area contributed by atoms with E-state index in [2.05, 4.69) is 0 Å². The Bertz CT molecular complexity index is 1250. The number of carbonyl (C=O) groups is 3. The van der Waals surface area contributed by atoms with E-state index in [1.54, 1.807) is 0 Å². The fourth-order valence-electron chi connectivity index (χ4n) is 3.64. The lowest BCUT2D eigenvalue weighted by molar-refractivity contribution is -0.223. The Kier molecular flexibility index (Phi) is 8.05. The first-order chi connectivity index (χ1) is 17.4. The average Bonchev–Trinajstić information content (AvgIpc) is 2.85. The molecule has 0 aromatic heterocycles. The number of rotatable bonds is 7. The van der Waals surface area contributed by atoms with E-state index in [1.165, 1.54) is 36.4 Å². The molecule has 1 fully saturated rings. The van der Waals surface area contributed by atoms with E-state index in [1.807, 2.05) is 0 Å². The standard InChI is InChI=1S/C25H24O12/c26-15-5-1-13(11-18(15)29)3-7-20(31)36-22-17(28)9-10-25(35,24(33)34)23(22)37-21(32)8-4-14-2-6-16(27)19(30)12-14/h1-8,11-12,17,22-23,26-30,35H,9-10H2,(H,33,34)/b7-3+,8-4+/t17-,22+,23+,25-/m1/s1. The molecule has 0 bridgehead atoms. The summed E-state index contributed by atoms with van der Waals surface area (Å²) >= 11 is 0. The number of aliphatic hydroxyl groups excluding tert-OH is 1. The van der Waals surface area contributed by atoms with Crippen molar-refractivity contribution >= 4 is 30.1 Å². The molecule has 4 atom stereocenters. The molecular formula is C25H24O12. The summed E-state index contributed by atoms with van der Waals surface area (Å²) in [5.74, 6) is -5.64. The number of hydrogen-bond donors (Lipinski definition) is 7. The number of aliphatic hydroxyl groups is 2. The van der Waals surface area contributed by atoms with Crippen molar-refractivity contribution in [3.05, 3.63) is 59.7 Å². The second-order valence-corrected chi connectivity index (χ2v) is 8.26. The molecule has 12 nitrogen and oxygen atoms in total. The summed E-state index contributed by atoms with van der Waals surface area (Å²) in [5, 5.41) is 68.5. The first-order valence-electron chi connectivity index (χ1n) is 10.9. The Hall–Kier alpha value is -4.55. The number of benzene rings is 2. The molecule has 0 aliphatic heterocycles. The fourth-order valence-corrected chi connectivity index (χ4v) is 3.64. The minimum Gasteiger partial charge on any atom is -0.504 e. The number of aliphatic carboxylic acids is 1. The zero-order chi connectivity index (χ0) is 27.3. The number of carbonyl (C=O) groups excluding carboxylic acids is 2. The summed E-state index contributed by atoms with van der Waals surface area (Å²) in [4.78, 5) is 36.7. The number of phenolic OH excluding ortho intramolecular Hbond substituents is 4. The quantitative estimate of drug-likeness (QED) is 0.156. The normalized spacial score (nSPS) is 23.7. The number of carboxylic acid groups (broad SMARTS) is 1. The zero-order valence-electron chi connectivity index (χ0n) is 19.1. The van der Waals surface area contributed by atoms with Gasteiger partial charge in [0.15, 0.2) is 35.2 Å². The van der Waals surface area contributed by atoms with Gasteiger partial charge in [-0.05, 0) is 60.4 Å². The monoisotopic (exact) mass is 516 g/mol. The topological polar surface area (TPSA) is 211 Å². The van der Waals surface area contributed by atoms with Crippen LogP contribution in [0.25, 0.3) is 12.2 Å². The van der Waals surface area contributed by atoms with Crippen molar-refractivity contribution in [2.45, 2.75) is 36.8 Å². The number of ether oxygens (including phenoxy) is 2. The number of hydrogen-bond acceptors (Lipinski definition) is 11. The summed E-state index contributed by atoms with van der Waals surface area (Å²) in [6.45, 7) is 0. The van der Waals surface area contributed by atoms with Gasteiger partial charge in [0.05, 0.1) is 6.10 Å². The van der Waals surface area contributed by atoms with Crippen LogP contribution in [0.1, 0.15) is 24.0 Å². The van der Waals surface area contributed by atoms with E-state index in [0.717, 1.165) is 24.3 Å². The van der Waals surface area contributed by atoms with E-state index in [-0.39, 0.29) is 23.5 Å². The van der Waals surface area contributed by atoms with Gasteiger partial charge in [-0.15, -0.1) is 0 Å². The van der Waals surface area contributed by atoms with Gasteiger partial charge in [0.25, 0.3) is 0 Å². The van der Waals surface area contributed by atoms with Crippen molar-refractivity contribution in [3.63, 3.8) is 0 Å². The van der Waals surface area contributed by atoms with Crippen LogP contribution in [-0.4, -0.2) is 77.6 Å². The number of phenols is 4. The maximum atomic E-state index is 12.4. The molecule has 0 radical (unpaired) electrons. The number of carboxylic acids is 1. The van der Waals surface area contributed by atoms with Gasteiger partial charge in [-0.25, -0.2) is 14.4 Å². The highest BCUT2D eigenvalue weighted by atomic mass is 16.6. The van der Waals surface area contributed by atoms with Crippen LogP contribution in [0.5, 0.6) is 23.0 Å². The van der Waals surface area contributed by atoms with Crippen LogP contribution >= 0.6 is 0 Å². The van der Waals surface area contributed by atoms with Crippen molar-refractivity contribution in [1.82, 2.24) is 0 Å². The first-order valence-corrected chi connectivity index (χ1v) is 10.9. The van der Waals surface area contributed by atoms with Crippen LogP contribution in [0.3, 0.4) is 0 Å². The highest BCUT2D eigenvalue weighted by Crippen LogP contribution is 2.34. The molecule has 1 aliphatic carbocycles. The number of esters is 2. The van der Waals surface area contributed by atoms with E-state index >= 15 is 0 Å². The van der Waals surface area contributed by atoms with E-state index < -0.39 is 59.7 Å². The molecule has 37 heavy (non-hydrogen) atoms. The molecule has 0 saturated heterocycles. The summed E-state index contributed by atoms with van der Waals surface area (Å²) in [7, 11) is 0. The second-order valence-electron chi connectivity index (χ2n) is 8.26. The maximum absolute atomic E-state index is 12.4. The molecule has 7 N–H and O–H groups in total. The summed E-state index contributed by atoms with van der Waals surface area (Å²) in [5.41, 5.74) is -2.11. The molecule has 1 saturated carbocycles. The van der Waals surface area contributed by atoms with E-state index in [9.17, 15) is 50.1 Å². The third-order valence-corrected chi connectivity index (χ3v) is 5.66. The van der Waals surface area contributed by atoms with Gasteiger partial charge in [0.2, 0.25) is 5.60 Å². The third-order valence-electron chi connectivity index (χ3n) is 5.66. The number of aromatic hydroxyl groups is 4. The van der Waals surface area contributed by atoms with Gasteiger partial charge in [0.1, 0.15) is 0 Å². The van der Waals surface area contributed by atoms with Gasteiger partial charge in [0, 0.05) is 12.2 Å². The van der Waals surface area contributed by atoms with Crippen LogP contribution < -0.4 is 0 Å². The van der Waals surface area contributed by atoms with Crippen molar-refractivity contribution in [1.29, 1.82) is 0 Å². The summed E-state index contributed by atoms with van der Waals surface area (Å²) in [6.07, 6.45) is -1.89. The predicted molar refractivity (Wildman–Crippen MR) is 125 cm³/mol. The average molecular weight is 516 g/mol. The molecule has 0 spiro atoms. The predicted octanol–water partition coefficient (Wildman–Crippen LogP) is 1.03. The lowest BCUT2D eigenvalue weighted by atomic mass is 9.78. The lowest BCUT2D eigenvalue weighted by Crippen LogP contribution is -2.63. The molecule has 0 unspecified atom stereocenters. The van der Waals surface area contributed by atoms with Crippen molar-refractivity contribution in [2.24, 2.45) is 0 Å². The van der Waals surface area contributed by atoms with Crippen LogP contribution in [0.2, 0.25) is 0 Å². The van der Waals surface area contributed by atoms with Gasteiger partial charge in [-0.2, -0.15) is 0 Å². The van der Waals surface area contributed by atoms with Crippen LogP contribution in [-0.2, 0) is 23.9 Å². The first kappa shape index (κ1) is 27.0. The van der Waals surface area contributed by atoms with Crippen LogP contribution in [0.4, 0.5) is 0 Å². The minimum absolute atomic E-state index is 0.276. The fraction of sp³-hybridized carbons (Fsp3) is 0.240. The summed E-state index contributed by atoms with van der Waals surface area (Å²) in [6, 6.07) is 7.39. The van der Waals surface area contributed by atoms with Crippen LogP contribution in [0.15, 0.2) is 48.6 Å². The minimum atomic E-state index is -2.68. The van der Waals surface area contributed by atoms with Gasteiger partial charge in [-0.3, -0.25) is 0 Å². The lowest BCUT2D eigenvalue weighted by Gasteiger charge is -2.42. The van der Waals surface area contributed by atoms with Crippen LogP contribution in [0, 0.1) is 0 Å². The molecule has 2 aromatic carbocycles. The van der Waals surface area contributed by atoms with Gasteiger partial charge >= 0.3 is 17.9 Å². The highest BCUT2D eigenvalue weighted by molar-refractivity contribution is 5.89.